The van der Waals surface area contributed by atoms with E-state index in [2.05, 4.69) is 0 Å². The molecular weight excluding hydrogens is 281 g/mol. The minimum Gasteiger partial charge on any atom is -0.370 e. The number of hydrogen-bond acceptors (Lipinski definition) is 2. The molecule has 0 unspecified atom stereocenters. The Morgan fingerprint density at radius 2 is 1.95 bits per heavy atom. The maximum absolute atomic E-state index is 13.6. The van der Waals surface area contributed by atoms with Gasteiger partial charge < -0.3 is 5.73 Å². The number of piperidine rings is 1. The Balaban J connectivity index is 1.96. The fraction of sp³-hybridized carbons (Fsp3) is 0.533. The lowest BCUT2D eigenvalue weighted by Crippen LogP contribution is -2.35. The van der Waals surface area contributed by atoms with Crippen LogP contribution in [0.25, 0.3) is 0 Å². The van der Waals surface area contributed by atoms with Crippen LogP contribution in [0.5, 0.6) is 0 Å². The molecule has 0 spiro atoms. The van der Waals surface area contributed by atoms with Crippen molar-refractivity contribution in [2.75, 3.05) is 13.1 Å². The fourth-order valence-corrected chi connectivity index (χ4v) is 2.80. The van der Waals surface area contributed by atoms with Gasteiger partial charge in [0, 0.05) is 31.1 Å². The fourth-order valence-electron chi connectivity index (χ4n) is 2.80. The van der Waals surface area contributed by atoms with Crippen molar-refractivity contribution in [3.05, 3.63) is 35.1 Å². The second-order valence-corrected chi connectivity index (χ2v) is 5.61. The normalized spacial score (nSPS) is 19.7. The van der Waals surface area contributed by atoms with Crippen molar-refractivity contribution < 1.29 is 18.0 Å². The zero-order chi connectivity index (χ0) is 15.4. The summed E-state index contributed by atoms with van der Waals surface area (Å²) in [6.07, 6.45) is 3.00. The Morgan fingerprint density at radius 1 is 1.24 bits per heavy atom. The summed E-state index contributed by atoms with van der Waals surface area (Å²) in [5.41, 5.74) is 5.30. The molecule has 0 bridgehead atoms. The maximum Gasteiger partial charge on any atom is 0.217 e. The molecule has 6 heteroatoms. The van der Waals surface area contributed by atoms with Crippen LogP contribution in [0, 0.1) is 23.4 Å². The van der Waals surface area contributed by atoms with Crippen molar-refractivity contribution in [2.24, 2.45) is 11.7 Å². The van der Waals surface area contributed by atoms with Crippen LogP contribution < -0.4 is 5.73 Å². The third kappa shape index (κ3) is 4.46. The maximum atomic E-state index is 13.6. The quantitative estimate of drug-likeness (QED) is 0.850. The van der Waals surface area contributed by atoms with Gasteiger partial charge in [0.25, 0.3) is 0 Å². The predicted molar refractivity (Wildman–Crippen MR) is 72.7 cm³/mol. The minimum absolute atomic E-state index is 0.157. The molecule has 3 nitrogen and oxygen atoms in total. The van der Waals surface area contributed by atoms with Crippen LogP contribution in [-0.2, 0) is 11.3 Å². The van der Waals surface area contributed by atoms with Gasteiger partial charge in [-0.15, -0.1) is 0 Å². The van der Waals surface area contributed by atoms with E-state index in [9.17, 15) is 18.0 Å². The van der Waals surface area contributed by atoms with Gasteiger partial charge in [0.1, 0.15) is 5.82 Å². The molecular formula is C15H19F3N2O. The van der Waals surface area contributed by atoms with Crippen molar-refractivity contribution in [1.82, 2.24) is 4.90 Å². The number of primary amides is 1. The molecule has 2 rings (SSSR count). The van der Waals surface area contributed by atoms with Gasteiger partial charge in [-0.3, -0.25) is 9.69 Å². The number of amides is 1. The van der Waals surface area contributed by atoms with E-state index in [1.165, 1.54) is 0 Å². The van der Waals surface area contributed by atoms with Crippen LogP contribution in [-0.4, -0.2) is 23.9 Å². The molecule has 1 fully saturated rings. The van der Waals surface area contributed by atoms with Crippen LogP contribution in [0.1, 0.15) is 31.2 Å². The van der Waals surface area contributed by atoms with Crippen molar-refractivity contribution in [3.63, 3.8) is 0 Å². The predicted octanol–water partition coefficient (Wildman–Crippen LogP) is 2.58. The topological polar surface area (TPSA) is 46.3 Å². The highest BCUT2D eigenvalue weighted by molar-refractivity contribution is 5.73. The summed E-state index contributed by atoms with van der Waals surface area (Å²) in [5, 5.41) is 0. The highest BCUT2D eigenvalue weighted by atomic mass is 19.2. The molecule has 116 valence electrons. The molecule has 1 atom stereocenters. The number of carbonyl (C=O) groups is 1. The van der Waals surface area contributed by atoms with Crippen molar-refractivity contribution in [3.8, 4) is 0 Å². The number of rotatable bonds is 5. The Hall–Kier alpha value is -1.56. The van der Waals surface area contributed by atoms with E-state index < -0.39 is 17.5 Å². The first-order valence-corrected chi connectivity index (χ1v) is 7.09. The van der Waals surface area contributed by atoms with Gasteiger partial charge in [-0.05, 0) is 37.8 Å². The van der Waals surface area contributed by atoms with E-state index in [1.54, 1.807) is 0 Å². The first-order valence-electron chi connectivity index (χ1n) is 7.09. The Kier molecular flexibility index (Phi) is 5.22. The summed E-state index contributed by atoms with van der Waals surface area (Å²) in [5.74, 6) is -2.92. The van der Waals surface area contributed by atoms with Gasteiger partial charge in [-0.2, -0.15) is 0 Å². The zero-order valence-electron chi connectivity index (χ0n) is 11.7. The van der Waals surface area contributed by atoms with E-state index in [-0.39, 0.29) is 18.0 Å². The molecule has 1 aliphatic rings. The second kappa shape index (κ2) is 6.93. The first kappa shape index (κ1) is 15.8. The van der Waals surface area contributed by atoms with Crippen LogP contribution in [0.2, 0.25) is 0 Å². The Labute approximate surface area is 121 Å². The van der Waals surface area contributed by atoms with Crippen LogP contribution >= 0.6 is 0 Å². The molecule has 0 radical (unpaired) electrons. The summed E-state index contributed by atoms with van der Waals surface area (Å²) < 4.78 is 39.7. The lowest BCUT2D eigenvalue weighted by Gasteiger charge is -2.32. The molecule has 0 aliphatic carbocycles. The summed E-state index contributed by atoms with van der Waals surface area (Å²) in [4.78, 5) is 12.8. The number of carbonyl (C=O) groups excluding carboxylic acids is 1. The van der Waals surface area contributed by atoms with Gasteiger partial charge in [-0.25, -0.2) is 13.2 Å². The second-order valence-electron chi connectivity index (χ2n) is 5.61. The third-order valence-corrected chi connectivity index (χ3v) is 3.89. The van der Waals surface area contributed by atoms with Gasteiger partial charge in [0.15, 0.2) is 11.6 Å². The van der Waals surface area contributed by atoms with Gasteiger partial charge in [-0.1, -0.05) is 0 Å². The smallest absolute Gasteiger partial charge is 0.217 e. The number of nitrogens with two attached hydrogens (primary N) is 1. The molecule has 0 aromatic heterocycles. The highest BCUT2D eigenvalue weighted by Crippen LogP contribution is 2.23. The molecule has 2 N–H and O–H groups in total. The average Bonchev–Trinajstić information content (AvgIpc) is 2.43. The van der Waals surface area contributed by atoms with Crippen LogP contribution in [0.3, 0.4) is 0 Å². The number of nitrogens with zero attached hydrogens (tertiary/aromatic N) is 1. The van der Waals surface area contributed by atoms with E-state index in [4.69, 9.17) is 5.73 Å². The van der Waals surface area contributed by atoms with Gasteiger partial charge in [0.05, 0.1) is 0 Å². The highest BCUT2D eigenvalue weighted by Gasteiger charge is 2.21. The van der Waals surface area contributed by atoms with Crippen molar-refractivity contribution in [1.29, 1.82) is 0 Å². The molecule has 0 saturated carbocycles. The first-order chi connectivity index (χ1) is 9.95. The molecule has 1 aromatic carbocycles. The number of benzene rings is 1. The standard InChI is InChI=1S/C15H19F3N2O/c16-12-7-14(18)13(17)6-11(12)9-20-5-1-2-10(8-20)3-4-15(19)21/h6-7,10H,1-5,8-9H2,(H2,19,21)/t10-/m0/s1. The van der Waals surface area contributed by atoms with Gasteiger partial charge >= 0.3 is 0 Å². The largest absolute Gasteiger partial charge is 0.370 e. The molecule has 1 aliphatic heterocycles. The molecule has 1 aromatic rings. The molecule has 21 heavy (non-hydrogen) atoms. The van der Waals surface area contributed by atoms with E-state index in [0.717, 1.165) is 25.5 Å². The lowest BCUT2D eigenvalue weighted by molar-refractivity contribution is -0.118. The van der Waals surface area contributed by atoms with Crippen LogP contribution in [0.4, 0.5) is 13.2 Å². The SMILES string of the molecule is NC(=O)CC[C@@H]1CCCN(Cc2cc(F)c(F)cc2F)C1. The molecule has 1 heterocycles. The molecule has 1 saturated heterocycles. The zero-order valence-corrected chi connectivity index (χ0v) is 11.7. The van der Waals surface area contributed by atoms with E-state index in [1.807, 2.05) is 4.90 Å². The average molecular weight is 300 g/mol. The number of halogens is 3. The summed E-state index contributed by atoms with van der Waals surface area (Å²) in [6.45, 7) is 1.74. The van der Waals surface area contributed by atoms with Crippen molar-refractivity contribution in [2.45, 2.75) is 32.2 Å². The summed E-state index contributed by atoms with van der Waals surface area (Å²) in [6, 6.07) is 1.50. The monoisotopic (exact) mass is 300 g/mol. The Bertz CT molecular complexity index is 522. The third-order valence-electron chi connectivity index (χ3n) is 3.89. The summed E-state index contributed by atoms with van der Waals surface area (Å²) in [7, 11) is 0. The van der Waals surface area contributed by atoms with E-state index >= 15 is 0 Å². The number of hydrogen-bond donors (Lipinski definition) is 1. The van der Waals surface area contributed by atoms with Crippen LogP contribution in [0.15, 0.2) is 12.1 Å². The minimum atomic E-state index is -1.17. The van der Waals surface area contributed by atoms with E-state index in [0.29, 0.717) is 31.4 Å². The van der Waals surface area contributed by atoms with Crippen molar-refractivity contribution >= 4 is 5.91 Å². The number of likely N-dealkylation sites (tertiary alicyclic amines) is 1. The lowest BCUT2D eigenvalue weighted by atomic mass is 9.93. The Morgan fingerprint density at radius 3 is 2.67 bits per heavy atom. The molecule has 1 amide bonds. The summed E-state index contributed by atoms with van der Waals surface area (Å²) >= 11 is 0. The van der Waals surface area contributed by atoms with Gasteiger partial charge in [0.2, 0.25) is 5.91 Å².